The molecule has 0 saturated heterocycles. The Bertz CT molecular complexity index is 364. The Morgan fingerprint density at radius 1 is 1.11 bits per heavy atom. The van der Waals surface area contributed by atoms with E-state index in [-0.39, 0.29) is 18.9 Å². The molecule has 0 aromatic heterocycles. The Balaban J connectivity index is 0.00000289. The van der Waals surface area contributed by atoms with E-state index in [1.807, 2.05) is 20.8 Å². The van der Waals surface area contributed by atoms with Crippen LogP contribution in [0.2, 0.25) is 18.1 Å². The van der Waals surface area contributed by atoms with Crippen LogP contribution in [0.25, 0.3) is 0 Å². The summed E-state index contributed by atoms with van der Waals surface area (Å²) in [6, 6.07) is 9.45. The molecule has 0 saturated carbocycles. The summed E-state index contributed by atoms with van der Waals surface area (Å²) in [7, 11) is -1.99. The average Bonchev–Trinajstić information content (AvgIpc) is 2.31. The van der Waals surface area contributed by atoms with Crippen molar-refractivity contribution < 1.29 is 32.0 Å². The Kier molecular flexibility index (Phi) is 6.77. The van der Waals surface area contributed by atoms with Crippen LogP contribution >= 0.6 is 0 Å². The molecule has 0 amide bonds. The molecular formula is C13H18F3LiSi. The molecule has 5 heteroatoms. The monoisotopic (exact) mass is 266 g/mol. The number of halogens is 3. The van der Waals surface area contributed by atoms with Crippen LogP contribution in [0.1, 0.15) is 26.3 Å². The summed E-state index contributed by atoms with van der Waals surface area (Å²) in [5.74, 6) is 0. The number of hydrogen-bond acceptors (Lipinski definition) is 0. The van der Waals surface area contributed by atoms with Crippen LogP contribution < -0.4 is 24.0 Å². The standard InChI is InChI=1S/C13H18F3Si.Li/c1-4-17(5-2,6-3)12-10-8-7-9-11(12)13(14,15)16;/h8-10H,4-6H2,1-3H3;/q-1;+1. The summed E-state index contributed by atoms with van der Waals surface area (Å²) < 4.78 is 39.0. The van der Waals surface area contributed by atoms with Gasteiger partial charge in [-0.1, -0.05) is 44.5 Å². The van der Waals surface area contributed by atoms with Crippen molar-refractivity contribution >= 4 is 13.3 Å². The smallest absolute Gasteiger partial charge is 0.183 e. The summed E-state index contributed by atoms with van der Waals surface area (Å²) in [6.45, 7) is 6.03. The van der Waals surface area contributed by atoms with Gasteiger partial charge in [0.2, 0.25) is 0 Å². The van der Waals surface area contributed by atoms with Crippen LogP contribution in [0.15, 0.2) is 18.2 Å². The van der Waals surface area contributed by atoms with E-state index in [2.05, 4.69) is 6.07 Å². The van der Waals surface area contributed by atoms with Gasteiger partial charge in [-0.3, -0.25) is 0 Å². The predicted molar refractivity (Wildman–Crippen MR) is 67.1 cm³/mol. The SMILES string of the molecule is CC[Si](CC)(CC)c1cc[c-]cc1C(F)(F)F.[Li+]. The van der Waals surface area contributed by atoms with Crippen LogP contribution in [0.3, 0.4) is 0 Å². The molecule has 0 radical (unpaired) electrons. The van der Waals surface area contributed by atoms with Gasteiger partial charge < -0.3 is 0 Å². The summed E-state index contributed by atoms with van der Waals surface area (Å²) >= 11 is 0. The van der Waals surface area contributed by atoms with E-state index in [0.717, 1.165) is 24.2 Å². The zero-order valence-corrected chi connectivity index (χ0v) is 12.5. The van der Waals surface area contributed by atoms with Gasteiger partial charge in [0.1, 0.15) is 0 Å². The average molecular weight is 266 g/mol. The van der Waals surface area contributed by atoms with Crippen molar-refractivity contribution in [1.29, 1.82) is 0 Å². The third kappa shape index (κ3) is 3.43. The van der Waals surface area contributed by atoms with Gasteiger partial charge in [-0.2, -0.15) is 42.6 Å². The molecule has 0 N–H and O–H groups in total. The third-order valence-corrected chi connectivity index (χ3v) is 9.41. The van der Waals surface area contributed by atoms with E-state index < -0.39 is 19.8 Å². The molecule has 18 heavy (non-hydrogen) atoms. The zero-order valence-electron chi connectivity index (χ0n) is 11.5. The van der Waals surface area contributed by atoms with Crippen LogP contribution in [-0.4, -0.2) is 8.07 Å². The molecule has 0 heterocycles. The van der Waals surface area contributed by atoms with Crippen LogP contribution in [-0.2, 0) is 6.18 Å². The maximum absolute atomic E-state index is 13.0. The van der Waals surface area contributed by atoms with Crippen molar-refractivity contribution in [2.45, 2.75) is 45.1 Å². The second-order valence-electron chi connectivity index (χ2n) is 4.31. The molecule has 1 aromatic carbocycles. The van der Waals surface area contributed by atoms with Gasteiger partial charge in [0.05, 0.1) is 8.07 Å². The topological polar surface area (TPSA) is 0 Å². The molecule has 1 rings (SSSR count). The molecule has 0 atom stereocenters. The van der Waals surface area contributed by atoms with E-state index >= 15 is 0 Å². The molecule has 0 aliphatic rings. The first-order valence-electron chi connectivity index (χ1n) is 5.99. The normalized spacial score (nSPS) is 12.1. The van der Waals surface area contributed by atoms with Crippen LogP contribution in [0, 0.1) is 6.07 Å². The fourth-order valence-corrected chi connectivity index (χ4v) is 6.31. The molecule has 0 aliphatic heterocycles. The molecule has 0 nitrogen and oxygen atoms in total. The Morgan fingerprint density at radius 3 is 2.00 bits per heavy atom. The summed E-state index contributed by atoms with van der Waals surface area (Å²) in [6.07, 6.45) is -4.26. The van der Waals surface area contributed by atoms with Crippen molar-refractivity contribution in [2.24, 2.45) is 0 Å². The number of rotatable bonds is 4. The maximum Gasteiger partial charge on any atom is 1.00 e. The molecule has 1 aromatic rings. The Morgan fingerprint density at radius 2 is 1.61 bits per heavy atom. The van der Waals surface area contributed by atoms with E-state index in [4.69, 9.17) is 0 Å². The minimum atomic E-state index is -4.26. The first-order valence-corrected chi connectivity index (χ1v) is 8.61. The molecule has 0 spiro atoms. The van der Waals surface area contributed by atoms with Crippen molar-refractivity contribution in [3.05, 3.63) is 29.8 Å². The largest absolute Gasteiger partial charge is 1.00 e. The van der Waals surface area contributed by atoms with E-state index in [1.54, 1.807) is 12.1 Å². The van der Waals surface area contributed by atoms with Crippen molar-refractivity contribution in [2.75, 3.05) is 0 Å². The van der Waals surface area contributed by atoms with Gasteiger partial charge in [0.15, 0.2) is 0 Å². The van der Waals surface area contributed by atoms with Crippen LogP contribution in [0.5, 0.6) is 0 Å². The van der Waals surface area contributed by atoms with Gasteiger partial charge in [-0.25, -0.2) is 0 Å². The first kappa shape index (κ1) is 17.8. The zero-order chi connectivity index (χ0) is 13.1. The van der Waals surface area contributed by atoms with Gasteiger partial charge in [-0.15, -0.1) is 0 Å². The van der Waals surface area contributed by atoms with Crippen molar-refractivity contribution in [1.82, 2.24) is 0 Å². The molecule has 0 aliphatic carbocycles. The van der Waals surface area contributed by atoms with Gasteiger partial charge in [0, 0.05) is 0 Å². The second-order valence-corrected chi connectivity index (χ2v) is 9.53. The van der Waals surface area contributed by atoms with Gasteiger partial charge >= 0.3 is 25.0 Å². The van der Waals surface area contributed by atoms with Gasteiger partial charge in [-0.05, 0) is 0 Å². The molecule has 0 fully saturated rings. The second kappa shape index (κ2) is 6.84. The summed E-state index contributed by atoms with van der Waals surface area (Å²) in [5.41, 5.74) is -0.475. The fourth-order valence-electron chi connectivity index (χ4n) is 2.45. The Hall–Kier alpha value is -0.176. The predicted octanol–water partition coefficient (Wildman–Crippen LogP) is 1.23. The van der Waals surface area contributed by atoms with Crippen LogP contribution in [0.4, 0.5) is 13.2 Å². The number of alkyl halides is 3. The molecular weight excluding hydrogens is 248 g/mol. The molecule has 96 valence electrons. The number of benzene rings is 1. The first-order chi connectivity index (χ1) is 7.91. The molecule has 0 bridgehead atoms. The van der Waals surface area contributed by atoms with E-state index in [9.17, 15) is 13.2 Å². The fraction of sp³-hybridized carbons (Fsp3) is 0.538. The number of hydrogen-bond donors (Lipinski definition) is 0. The Labute approximate surface area is 120 Å². The maximum atomic E-state index is 13.0. The minimum absolute atomic E-state index is 0. The minimum Gasteiger partial charge on any atom is -0.183 e. The molecule has 0 unspecified atom stereocenters. The van der Waals surface area contributed by atoms with Crippen molar-refractivity contribution in [3.8, 4) is 0 Å². The van der Waals surface area contributed by atoms with E-state index in [0.29, 0.717) is 5.19 Å². The van der Waals surface area contributed by atoms with Crippen molar-refractivity contribution in [3.63, 3.8) is 0 Å². The summed E-state index contributed by atoms with van der Waals surface area (Å²) in [5, 5.41) is 0.552. The van der Waals surface area contributed by atoms with Gasteiger partial charge in [0.25, 0.3) is 0 Å². The quantitative estimate of drug-likeness (QED) is 0.568. The summed E-state index contributed by atoms with van der Waals surface area (Å²) in [4.78, 5) is 0. The van der Waals surface area contributed by atoms with E-state index in [1.165, 1.54) is 0 Å². The third-order valence-electron chi connectivity index (χ3n) is 3.77.